The number of nitrogens with zero attached hydrogens (tertiary/aromatic N) is 2. The Balaban J connectivity index is 2.27. The molecule has 0 aliphatic carbocycles. The first kappa shape index (κ1) is 14.2. The fraction of sp³-hybridized carbons (Fsp3) is 0.167. The molecular formula is C18H16N2O2. The molecule has 0 unspecified atom stereocenters. The summed E-state index contributed by atoms with van der Waals surface area (Å²) in [5.74, 6) is 0.713. The van der Waals surface area contributed by atoms with Gasteiger partial charge in [-0.15, -0.1) is 0 Å². The molecule has 0 bridgehead atoms. The van der Waals surface area contributed by atoms with Gasteiger partial charge >= 0.3 is 0 Å². The lowest BCUT2D eigenvalue weighted by atomic mass is 10.1. The van der Waals surface area contributed by atoms with Crippen molar-refractivity contribution in [1.82, 2.24) is 9.55 Å². The van der Waals surface area contributed by atoms with Crippen molar-refractivity contribution in [1.29, 1.82) is 0 Å². The van der Waals surface area contributed by atoms with E-state index in [1.54, 1.807) is 34.9 Å². The van der Waals surface area contributed by atoms with E-state index in [-0.39, 0.29) is 11.3 Å². The fourth-order valence-corrected chi connectivity index (χ4v) is 2.53. The predicted molar refractivity (Wildman–Crippen MR) is 86.7 cm³/mol. The first-order valence-corrected chi connectivity index (χ1v) is 7.24. The molecule has 22 heavy (non-hydrogen) atoms. The van der Waals surface area contributed by atoms with Crippen molar-refractivity contribution in [3.63, 3.8) is 0 Å². The summed E-state index contributed by atoms with van der Waals surface area (Å²) in [7, 11) is 0. The van der Waals surface area contributed by atoms with E-state index in [2.05, 4.69) is 4.98 Å². The molecule has 0 N–H and O–H groups in total. The topological polar surface area (TPSA) is 52.0 Å². The summed E-state index contributed by atoms with van der Waals surface area (Å²) in [4.78, 5) is 28.7. The highest BCUT2D eigenvalue weighted by atomic mass is 16.1. The zero-order valence-electron chi connectivity index (χ0n) is 12.5. The molecule has 0 saturated carbocycles. The second-order valence-corrected chi connectivity index (χ2v) is 5.14. The number of hydrogen-bond acceptors (Lipinski definition) is 3. The average Bonchev–Trinajstić information content (AvgIpc) is 2.55. The third-order valence-electron chi connectivity index (χ3n) is 3.69. The lowest BCUT2D eigenvalue weighted by Crippen LogP contribution is -2.23. The number of Topliss-reactive ketones (excluding diaryl/α,β-unsaturated/α-hetero) is 1. The molecule has 0 fully saturated rings. The number of para-hydroxylation sites is 1. The van der Waals surface area contributed by atoms with Gasteiger partial charge in [-0.2, -0.15) is 0 Å². The summed E-state index contributed by atoms with van der Waals surface area (Å²) in [5, 5.41) is 0.593. The lowest BCUT2D eigenvalue weighted by Gasteiger charge is -2.12. The number of aryl methyl sites for hydroxylation is 1. The van der Waals surface area contributed by atoms with Crippen molar-refractivity contribution in [2.24, 2.45) is 0 Å². The van der Waals surface area contributed by atoms with E-state index in [0.717, 1.165) is 5.69 Å². The quantitative estimate of drug-likeness (QED) is 0.697. The Bertz CT molecular complexity index is 909. The number of fused-ring (bicyclic) bond motifs is 1. The smallest absolute Gasteiger partial charge is 0.265 e. The normalized spacial score (nSPS) is 10.8. The van der Waals surface area contributed by atoms with E-state index in [1.807, 2.05) is 25.1 Å². The maximum absolute atomic E-state index is 12.8. The van der Waals surface area contributed by atoms with Gasteiger partial charge in [0.05, 0.1) is 16.6 Å². The molecule has 0 saturated heterocycles. The van der Waals surface area contributed by atoms with Gasteiger partial charge in [-0.3, -0.25) is 14.2 Å². The van der Waals surface area contributed by atoms with Crippen molar-refractivity contribution < 1.29 is 4.79 Å². The molecule has 1 heterocycles. The SMILES string of the molecule is CCc1nc2ccccc2c(=O)n1-c1ccc(C(C)=O)cc1. The maximum atomic E-state index is 12.8. The number of rotatable bonds is 3. The minimum Gasteiger partial charge on any atom is -0.295 e. The van der Waals surface area contributed by atoms with Crippen molar-refractivity contribution in [3.8, 4) is 5.69 Å². The first-order chi connectivity index (χ1) is 10.6. The van der Waals surface area contributed by atoms with Gasteiger partial charge in [0, 0.05) is 12.0 Å². The van der Waals surface area contributed by atoms with Crippen LogP contribution in [0.25, 0.3) is 16.6 Å². The Labute approximate surface area is 128 Å². The molecule has 0 aliphatic heterocycles. The van der Waals surface area contributed by atoms with Gasteiger partial charge < -0.3 is 0 Å². The number of aromatic nitrogens is 2. The molecule has 0 atom stereocenters. The monoisotopic (exact) mass is 292 g/mol. The Morgan fingerprint density at radius 3 is 2.41 bits per heavy atom. The summed E-state index contributed by atoms with van der Waals surface area (Å²) in [6.07, 6.45) is 0.647. The fourth-order valence-electron chi connectivity index (χ4n) is 2.53. The molecular weight excluding hydrogens is 276 g/mol. The molecule has 3 rings (SSSR count). The third-order valence-corrected chi connectivity index (χ3v) is 3.69. The van der Waals surface area contributed by atoms with Crippen molar-refractivity contribution in [2.45, 2.75) is 20.3 Å². The van der Waals surface area contributed by atoms with Crippen LogP contribution in [0.2, 0.25) is 0 Å². The molecule has 110 valence electrons. The van der Waals surface area contributed by atoms with Gasteiger partial charge in [0.2, 0.25) is 0 Å². The minimum atomic E-state index is -0.0852. The first-order valence-electron chi connectivity index (χ1n) is 7.24. The third kappa shape index (κ3) is 2.33. The number of benzene rings is 2. The highest BCUT2D eigenvalue weighted by Crippen LogP contribution is 2.14. The number of hydrogen-bond donors (Lipinski definition) is 0. The zero-order chi connectivity index (χ0) is 15.7. The minimum absolute atomic E-state index is 0.00579. The standard InChI is InChI=1S/C18H16N2O2/c1-3-17-19-16-7-5-4-6-15(16)18(22)20(17)14-10-8-13(9-11-14)12(2)21/h4-11H,3H2,1-2H3. The summed E-state index contributed by atoms with van der Waals surface area (Å²) >= 11 is 0. The Morgan fingerprint density at radius 2 is 1.77 bits per heavy atom. The molecule has 4 nitrogen and oxygen atoms in total. The Morgan fingerprint density at radius 1 is 1.09 bits per heavy atom. The molecule has 0 spiro atoms. The Hall–Kier alpha value is -2.75. The van der Waals surface area contributed by atoms with Gasteiger partial charge in [-0.1, -0.05) is 19.1 Å². The van der Waals surface area contributed by atoms with Crippen LogP contribution in [0.5, 0.6) is 0 Å². The second kappa shape index (κ2) is 5.56. The van der Waals surface area contributed by atoms with Crippen LogP contribution in [0.4, 0.5) is 0 Å². The van der Waals surface area contributed by atoms with Crippen LogP contribution in [-0.2, 0) is 6.42 Å². The van der Waals surface area contributed by atoms with Gasteiger partial charge in [0.1, 0.15) is 5.82 Å². The highest BCUT2D eigenvalue weighted by Gasteiger charge is 2.11. The van der Waals surface area contributed by atoms with Gasteiger partial charge in [-0.05, 0) is 43.3 Å². The lowest BCUT2D eigenvalue weighted by molar-refractivity contribution is 0.101. The van der Waals surface area contributed by atoms with Crippen LogP contribution in [0, 0.1) is 0 Å². The predicted octanol–water partition coefficient (Wildman–Crippen LogP) is 3.15. The molecule has 4 heteroatoms. The molecule has 0 radical (unpaired) electrons. The van der Waals surface area contributed by atoms with E-state index < -0.39 is 0 Å². The Kier molecular flexibility index (Phi) is 3.59. The zero-order valence-corrected chi connectivity index (χ0v) is 12.5. The largest absolute Gasteiger partial charge is 0.295 e. The summed E-state index contributed by atoms with van der Waals surface area (Å²) < 4.78 is 1.62. The average molecular weight is 292 g/mol. The second-order valence-electron chi connectivity index (χ2n) is 5.14. The highest BCUT2D eigenvalue weighted by molar-refractivity contribution is 5.94. The number of carbonyl (C=O) groups excluding carboxylic acids is 1. The maximum Gasteiger partial charge on any atom is 0.265 e. The van der Waals surface area contributed by atoms with Crippen LogP contribution in [0.1, 0.15) is 30.0 Å². The van der Waals surface area contributed by atoms with Crippen LogP contribution in [0.15, 0.2) is 53.3 Å². The summed E-state index contributed by atoms with van der Waals surface area (Å²) in [5.41, 5.74) is 1.98. The van der Waals surface area contributed by atoms with E-state index in [9.17, 15) is 9.59 Å². The van der Waals surface area contributed by atoms with E-state index in [1.165, 1.54) is 6.92 Å². The van der Waals surface area contributed by atoms with E-state index in [0.29, 0.717) is 28.7 Å². The molecule has 0 amide bonds. The summed E-state index contributed by atoms with van der Waals surface area (Å²) in [6.45, 7) is 3.49. The van der Waals surface area contributed by atoms with Gasteiger partial charge in [0.25, 0.3) is 5.56 Å². The van der Waals surface area contributed by atoms with Crippen molar-refractivity contribution in [3.05, 3.63) is 70.3 Å². The van der Waals surface area contributed by atoms with Crippen LogP contribution in [0.3, 0.4) is 0 Å². The molecule has 2 aromatic carbocycles. The van der Waals surface area contributed by atoms with Crippen molar-refractivity contribution >= 4 is 16.7 Å². The van der Waals surface area contributed by atoms with Crippen molar-refractivity contribution in [2.75, 3.05) is 0 Å². The molecule has 1 aromatic heterocycles. The van der Waals surface area contributed by atoms with Crippen LogP contribution >= 0.6 is 0 Å². The van der Waals surface area contributed by atoms with Gasteiger partial charge in [-0.25, -0.2) is 4.98 Å². The van der Waals surface area contributed by atoms with Gasteiger partial charge in [0.15, 0.2) is 5.78 Å². The molecule has 3 aromatic rings. The van der Waals surface area contributed by atoms with Crippen LogP contribution in [-0.4, -0.2) is 15.3 Å². The van der Waals surface area contributed by atoms with E-state index >= 15 is 0 Å². The molecule has 0 aliphatic rings. The van der Waals surface area contributed by atoms with Crippen LogP contribution < -0.4 is 5.56 Å². The number of ketones is 1. The number of carbonyl (C=O) groups is 1. The van der Waals surface area contributed by atoms with E-state index in [4.69, 9.17) is 0 Å². The summed E-state index contributed by atoms with van der Waals surface area (Å²) in [6, 6.07) is 14.4.